The summed E-state index contributed by atoms with van der Waals surface area (Å²) in [5.74, 6) is -11.3. The van der Waals surface area contributed by atoms with E-state index in [2.05, 4.69) is 0 Å². The number of rotatable bonds is 40. The zero-order valence-corrected chi connectivity index (χ0v) is 42.4. The third-order valence-electron chi connectivity index (χ3n) is 10.9. The van der Waals surface area contributed by atoms with Gasteiger partial charge in [0.15, 0.2) is 0 Å². The van der Waals surface area contributed by atoms with Gasteiger partial charge in [0, 0.05) is 39.8 Å². The lowest BCUT2D eigenvalue weighted by Gasteiger charge is -2.35. The van der Waals surface area contributed by atoms with Gasteiger partial charge in [-0.25, -0.2) is 4.57 Å². The maximum absolute atomic E-state index is 13.1. The lowest BCUT2D eigenvalue weighted by atomic mass is 9.75. The molecule has 0 fully saturated rings. The van der Waals surface area contributed by atoms with Crippen molar-refractivity contribution in [2.75, 3.05) is 79.5 Å². The van der Waals surface area contributed by atoms with Crippen LogP contribution in [0.3, 0.4) is 0 Å². The Morgan fingerprint density at radius 2 is 0.760 bits per heavy atom. The number of methoxy groups -OCH3 is 1. The third-order valence-corrected chi connectivity index (χ3v) is 12.1. The summed E-state index contributed by atoms with van der Waals surface area (Å²) >= 11 is 0. The molecule has 0 aliphatic carbocycles. The molecule has 0 bridgehead atoms. The molecule has 75 heavy (non-hydrogen) atoms. The van der Waals surface area contributed by atoms with E-state index in [9.17, 15) is 99.0 Å². The van der Waals surface area contributed by atoms with Crippen molar-refractivity contribution in [2.45, 2.75) is 133 Å². The first-order chi connectivity index (χ1) is 34.7. The highest BCUT2D eigenvalue weighted by atomic mass is 31.1. The van der Waals surface area contributed by atoms with E-state index in [0.717, 1.165) is 0 Å². The second-order valence-corrected chi connectivity index (χ2v) is 18.4. The summed E-state index contributed by atoms with van der Waals surface area (Å²) in [6, 6.07) is 0. The molecule has 0 spiro atoms. The normalized spacial score (nSPS) is 14.3. The average molecular weight is 1170 g/mol. The van der Waals surface area contributed by atoms with Crippen LogP contribution >= 0.6 is 16.9 Å². The van der Waals surface area contributed by atoms with Gasteiger partial charge in [-0.05, 0) is 81.5 Å². The Hall–Kier alpha value is -3.61. The first kappa shape index (κ1) is 71.4. The Morgan fingerprint density at radius 1 is 0.467 bits per heavy atom. The molecule has 0 radical (unpaired) electrons. The Morgan fingerprint density at radius 3 is 1.03 bits per heavy atom. The zero-order chi connectivity index (χ0) is 57.6. The van der Waals surface area contributed by atoms with Gasteiger partial charge in [0.2, 0.25) is 0 Å². The summed E-state index contributed by atoms with van der Waals surface area (Å²) in [4.78, 5) is 56.9. The fourth-order valence-electron chi connectivity index (χ4n) is 7.12. The highest BCUT2D eigenvalue weighted by Gasteiger charge is 2.42. The van der Waals surface area contributed by atoms with Gasteiger partial charge in [0.05, 0.1) is 39.6 Å². The molecule has 35 heteroatoms. The first-order valence-electron chi connectivity index (χ1n) is 22.9. The number of ether oxygens (including phenoxy) is 3. The second-order valence-electron chi connectivity index (χ2n) is 16.9. The fourth-order valence-corrected chi connectivity index (χ4v) is 8.15. The summed E-state index contributed by atoms with van der Waals surface area (Å²) in [5, 5.41) is 8.32. The topological polar surface area (TPSA) is 235 Å². The molecule has 0 aromatic rings. The van der Waals surface area contributed by atoms with Gasteiger partial charge in [-0.3, -0.25) is 33.1 Å². The van der Waals surface area contributed by atoms with Crippen LogP contribution in [0, 0.1) is 10.8 Å². The smallest absolute Gasteiger partial charge is 0.378 e. The van der Waals surface area contributed by atoms with E-state index >= 15 is 0 Å². The predicted octanol–water partition coefficient (Wildman–Crippen LogP) is 7.51. The molecule has 440 valence electrons. The van der Waals surface area contributed by atoms with Crippen LogP contribution in [0.2, 0.25) is 0 Å². The van der Waals surface area contributed by atoms with Crippen LogP contribution in [-0.2, 0) is 60.9 Å². The molecular formula is C40H62F15N5O13P2. The second kappa shape index (κ2) is 35.0. The number of carbonyl (C=O) groups excluding carboxylic acids is 5. The number of amides is 5. The SMILES string of the molecule is CCCCC(CCCNC(=O)C(F)(F)F)(CCCNC(=O)C(F)(F)F)COCC(CO[PH](=O)OC(COCC(CCCNC(=O)C(F)(F)F)(CCCNC(=O)C(F)(F)F)CCCNC(=O)C(F)(F)F)COP=O)OC. The van der Waals surface area contributed by atoms with Crippen LogP contribution in [-0.4, -0.2) is 152 Å². The lowest BCUT2D eigenvalue weighted by Crippen LogP contribution is -2.40. The van der Waals surface area contributed by atoms with E-state index in [0.29, 0.717) is 19.3 Å². The highest BCUT2D eigenvalue weighted by molar-refractivity contribution is 7.33. The first-order valence-corrected chi connectivity index (χ1v) is 24.8. The number of unbranched alkanes of at least 4 members (excludes halogenated alkanes) is 1. The van der Waals surface area contributed by atoms with E-state index < -0.39 is 160 Å². The maximum atomic E-state index is 13.1. The van der Waals surface area contributed by atoms with E-state index in [1.54, 1.807) is 26.6 Å². The van der Waals surface area contributed by atoms with Gasteiger partial charge >= 0.3 is 77.4 Å². The van der Waals surface area contributed by atoms with Crippen LogP contribution in [0.5, 0.6) is 0 Å². The standard InChI is InChI=1S/C40H62F15N5O13P2/c1-3-4-10-34(11-5-16-56-29(61)36(41,42)43,12-6-17-57-30(62)37(44,45)46)25-69-21-27(68-2)24-72-75(67)73-28(23-71-74-66)22-70-26-35(13-7-18-58-31(63)38(47,48)49,14-8-19-59-32(64)39(50,51)52)15-9-20-60-33(65)40(53,54)55/h27-28,75H,3-26H2,1-2H3,(H,56,61)(H,57,62)(H,58,63)(H,59,64)(H,60,65). The fraction of sp³-hybridized carbons (Fsp3) is 0.875. The average Bonchev–Trinajstić information content (AvgIpc) is 3.30. The van der Waals surface area contributed by atoms with Crippen LogP contribution < -0.4 is 26.6 Å². The Kier molecular flexibility index (Phi) is 33.3. The number of carbonyl (C=O) groups is 5. The van der Waals surface area contributed by atoms with Crippen molar-refractivity contribution in [3.05, 3.63) is 0 Å². The summed E-state index contributed by atoms with van der Waals surface area (Å²) in [6.07, 6.45) is -28.5. The van der Waals surface area contributed by atoms with Gasteiger partial charge in [-0.2, -0.15) is 65.9 Å². The Bertz CT molecular complexity index is 1630. The minimum Gasteiger partial charge on any atom is -0.378 e. The monoisotopic (exact) mass is 1170 g/mol. The summed E-state index contributed by atoms with van der Waals surface area (Å²) in [5.41, 5.74) is -2.30. The van der Waals surface area contributed by atoms with E-state index in [1.165, 1.54) is 7.11 Å². The molecule has 3 atom stereocenters. The number of halogens is 15. The molecular weight excluding hydrogens is 1110 g/mol. The molecule has 3 unspecified atom stereocenters. The molecule has 0 aromatic carbocycles. The summed E-state index contributed by atoms with van der Waals surface area (Å²) < 4.78 is 249. The number of alkyl halides is 15. The van der Waals surface area contributed by atoms with Gasteiger partial charge < -0.3 is 49.8 Å². The molecule has 0 saturated heterocycles. The minimum absolute atomic E-state index is 0.0254. The van der Waals surface area contributed by atoms with Gasteiger partial charge in [-0.15, -0.1) is 0 Å². The van der Waals surface area contributed by atoms with Crippen LogP contribution in [0.25, 0.3) is 0 Å². The number of hydrogen-bond donors (Lipinski definition) is 5. The van der Waals surface area contributed by atoms with Crippen molar-refractivity contribution < 1.29 is 127 Å². The molecule has 0 aliphatic heterocycles. The lowest BCUT2D eigenvalue weighted by molar-refractivity contribution is -0.173. The van der Waals surface area contributed by atoms with Crippen molar-refractivity contribution in [1.82, 2.24) is 26.6 Å². The molecule has 18 nitrogen and oxygen atoms in total. The minimum atomic E-state index is -5.28. The van der Waals surface area contributed by atoms with Crippen molar-refractivity contribution >= 4 is 46.5 Å². The Balaban J connectivity index is 6.17. The maximum Gasteiger partial charge on any atom is 0.471 e. The van der Waals surface area contributed by atoms with Crippen molar-refractivity contribution in [1.29, 1.82) is 0 Å². The van der Waals surface area contributed by atoms with Crippen molar-refractivity contribution in [2.24, 2.45) is 10.8 Å². The largest absolute Gasteiger partial charge is 0.471 e. The molecule has 0 saturated carbocycles. The molecule has 0 heterocycles. The molecule has 0 rings (SSSR count). The third kappa shape index (κ3) is 32.7. The number of nitrogens with one attached hydrogen (secondary N) is 5. The molecule has 0 aliphatic rings. The van der Waals surface area contributed by atoms with Crippen LogP contribution in [0.15, 0.2) is 0 Å². The highest BCUT2D eigenvalue weighted by Crippen LogP contribution is 2.38. The number of hydrogen-bond acceptors (Lipinski definition) is 13. The van der Waals surface area contributed by atoms with Crippen LogP contribution in [0.1, 0.15) is 90.4 Å². The quantitative estimate of drug-likeness (QED) is 0.0227. The van der Waals surface area contributed by atoms with Gasteiger partial charge in [0.1, 0.15) is 12.2 Å². The summed E-state index contributed by atoms with van der Waals surface area (Å²) in [7, 11) is -3.34. The van der Waals surface area contributed by atoms with E-state index in [4.69, 9.17) is 27.8 Å². The molecule has 0 aromatic heterocycles. The van der Waals surface area contributed by atoms with Crippen molar-refractivity contribution in [3.8, 4) is 0 Å². The zero-order valence-electron chi connectivity index (χ0n) is 40.5. The van der Waals surface area contributed by atoms with E-state index in [-0.39, 0.29) is 77.4 Å². The van der Waals surface area contributed by atoms with Crippen molar-refractivity contribution in [3.63, 3.8) is 0 Å². The molecule has 5 amide bonds. The predicted molar refractivity (Wildman–Crippen MR) is 232 cm³/mol. The molecule has 5 N–H and O–H groups in total. The van der Waals surface area contributed by atoms with Gasteiger partial charge in [-0.1, -0.05) is 19.8 Å². The Labute approximate surface area is 423 Å². The van der Waals surface area contributed by atoms with Gasteiger partial charge in [0.25, 0.3) is 0 Å². The summed E-state index contributed by atoms with van der Waals surface area (Å²) in [6.45, 7) is -3.73. The van der Waals surface area contributed by atoms with Crippen LogP contribution in [0.4, 0.5) is 65.9 Å². The van der Waals surface area contributed by atoms with E-state index in [1.807, 2.05) is 6.92 Å².